The molecule has 0 saturated carbocycles. The zero-order chi connectivity index (χ0) is 21.1. The molecule has 3 rings (SSSR count). The first-order valence-electron chi connectivity index (χ1n) is 10.4. The number of hydrogen-bond acceptors (Lipinski definition) is 5. The molecule has 1 N–H and O–H groups in total. The van der Waals surface area contributed by atoms with Crippen molar-refractivity contribution in [3.8, 4) is 0 Å². The Balaban J connectivity index is 2.10. The number of fused-ring (bicyclic) bond motifs is 1. The van der Waals surface area contributed by atoms with Crippen LogP contribution in [0.3, 0.4) is 0 Å². The Morgan fingerprint density at radius 3 is 2.66 bits per heavy atom. The van der Waals surface area contributed by atoms with E-state index in [9.17, 15) is 4.79 Å². The van der Waals surface area contributed by atoms with E-state index < -0.39 is 0 Å². The average Bonchev–Trinajstić information content (AvgIpc) is 2.68. The van der Waals surface area contributed by atoms with Crippen LogP contribution in [0.25, 0.3) is 0 Å². The SMILES string of the molecule is CCCCN(CC)c1nc(C)nc2c1NC(=O)CN2c1ccc(C(C)C)cc1Br. The molecule has 1 aliphatic rings. The number of benzene rings is 1. The molecule has 0 spiro atoms. The first-order chi connectivity index (χ1) is 13.8. The van der Waals surface area contributed by atoms with Gasteiger partial charge in [-0.15, -0.1) is 0 Å². The van der Waals surface area contributed by atoms with Gasteiger partial charge in [0.2, 0.25) is 5.91 Å². The van der Waals surface area contributed by atoms with Gasteiger partial charge in [0, 0.05) is 17.6 Å². The Bertz CT molecular complexity index is 899. The van der Waals surface area contributed by atoms with Crippen LogP contribution in [0.1, 0.15) is 57.8 Å². The first kappa shape index (κ1) is 21.6. The van der Waals surface area contributed by atoms with Crippen molar-refractivity contribution in [3.63, 3.8) is 0 Å². The number of halogens is 1. The summed E-state index contributed by atoms with van der Waals surface area (Å²) in [6.07, 6.45) is 2.18. The highest BCUT2D eigenvalue weighted by Gasteiger charge is 2.30. The van der Waals surface area contributed by atoms with Crippen molar-refractivity contribution in [2.75, 3.05) is 34.8 Å². The van der Waals surface area contributed by atoms with Crippen molar-refractivity contribution < 1.29 is 4.79 Å². The fraction of sp³-hybridized carbons (Fsp3) is 0.500. The molecule has 0 bridgehead atoms. The Morgan fingerprint density at radius 2 is 2.03 bits per heavy atom. The van der Waals surface area contributed by atoms with Crippen LogP contribution in [0, 0.1) is 6.92 Å². The van der Waals surface area contributed by atoms with Crippen LogP contribution in [0.4, 0.5) is 23.0 Å². The molecule has 29 heavy (non-hydrogen) atoms. The van der Waals surface area contributed by atoms with Crippen LogP contribution in [0.5, 0.6) is 0 Å². The number of unbranched alkanes of at least 4 members (excludes halogenated alkanes) is 1. The minimum atomic E-state index is -0.0578. The molecule has 6 nitrogen and oxygen atoms in total. The topological polar surface area (TPSA) is 61.4 Å². The van der Waals surface area contributed by atoms with Crippen LogP contribution >= 0.6 is 15.9 Å². The molecular formula is C22H30BrN5O. The van der Waals surface area contributed by atoms with Gasteiger partial charge in [-0.05, 0) is 59.8 Å². The van der Waals surface area contributed by atoms with Gasteiger partial charge < -0.3 is 15.1 Å². The highest BCUT2D eigenvalue weighted by molar-refractivity contribution is 9.10. The summed E-state index contributed by atoms with van der Waals surface area (Å²) in [5.41, 5.74) is 2.88. The Kier molecular flexibility index (Phi) is 6.77. The van der Waals surface area contributed by atoms with Crippen molar-refractivity contribution in [3.05, 3.63) is 34.1 Å². The van der Waals surface area contributed by atoms with Gasteiger partial charge in [0.05, 0.1) is 5.69 Å². The van der Waals surface area contributed by atoms with E-state index in [4.69, 9.17) is 9.97 Å². The lowest BCUT2D eigenvalue weighted by molar-refractivity contribution is -0.115. The highest BCUT2D eigenvalue weighted by atomic mass is 79.9. The fourth-order valence-electron chi connectivity index (χ4n) is 3.54. The number of aryl methyl sites for hydroxylation is 1. The molecule has 0 atom stereocenters. The van der Waals surface area contributed by atoms with Crippen molar-refractivity contribution in [1.82, 2.24) is 9.97 Å². The van der Waals surface area contributed by atoms with Gasteiger partial charge in [-0.25, -0.2) is 9.97 Å². The molecule has 0 radical (unpaired) electrons. The largest absolute Gasteiger partial charge is 0.355 e. The van der Waals surface area contributed by atoms with Gasteiger partial charge in [0.25, 0.3) is 0 Å². The van der Waals surface area contributed by atoms with Crippen molar-refractivity contribution in [1.29, 1.82) is 0 Å². The molecular weight excluding hydrogens is 430 g/mol. The second kappa shape index (κ2) is 9.11. The molecule has 0 unspecified atom stereocenters. The predicted octanol–water partition coefficient (Wildman–Crippen LogP) is 5.39. The predicted molar refractivity (Wildman–Crippen MR) is 123 cm³/mol. The van der Waals surface area contributed by atoms with E-state index in [0.717, 1.165) is 47.7 Å². The molecule has 7 heteroatoms. The lowest BCUT2D eigenvalue weighted by Crippen LogP contribution is -2.38. The molecule has 1 amide bonds. The number of carbonyl (C=O) groups excluding carboxylic acids is 1. The van der Waals surface area contributed by atoms with Crippen molar-refractivity contribution in [2.45, 2.75) is 53.4 Å². The summed E-state index contributed by atoms with van der Waals surface area (Å²) in [5, 5.41) is 3.03. The summed E-state index contributed by atoms with van der Waals surface area (Å²) in [6.45, 7) is 12.5. The molecule has 2 aromatic rings. The Hall–Kier alpha value is -2.15. The minimum Gasteiger partial charge on any atom is -0.355 e. The second-order valence-electron chi connectivity index (χ2n) is 7.73. The number of aromatic nitrogens is 2. The third kappa shape index (κ3) is 4.55. The normalized spacial score (nSPS) is 13.5. The summed E-state index contributed by atoms with van der Waals surface area (Å²) < 4.78 is 0.959. The van der Waals surface area contributed by atoms with E-state index in [1.54, 1.807) is 0 Å². The van der Waals surface area contributed by atoms with Crippen LogP contribution in [0.15, 0.2) is 22.7 Å². The summed E-state index contributed by atoms with van der Waals surface area (Å²) >= 11 is 3.71. The smallest absolute Gasteiger partial charge is 0.244 e. The van der Waals surface area contributed by atoms with Crippen molar-refractivity contribution in [2.24, 2.45) is 0 Å². The number of amides is 1. The third-order valence-electron chi connectivity index (χ3n) is 5.20. The second-order valence-corrected chi connectivity index (χ2v) is 8.58. The van der Waals surface area contributed by atoms with Gasteiger partial charge in [0.1, 0.15) is 18.1 Å². The standard InChI is InChI=1S/C22H30BrN5O/c1-6-8-11-27(7-2)21-20-22(25-15(5)24-21)28(13-19(29)26-20)18-10-9-16(14(3)4)12-17(18)23/h9-10,12,14H,6-8,11,13H2,1-5H3,(H,26,29). The molecule has 1 aliphatic heterocycles. The molecule has 156 valence electrons. The third-order valence-corrected chi connectivity index (χ3v) is 5.83. The average molecular weight is 460 g/mol. The van der Waals surface area contributed by atoms with E-state index in [1.807, 2.05) is 11.8 Å². The molecule has 1 aromatic heterocycles. The molecule has 0 fully saturated rings. The first-order valence-corrected chi connectivity index (χ1v) is 11.1. The maximum atomic E-state index is 12.6. The zero-order valence-corrected chi connectivity index (χ0v) is 19.5. The van der Waals surface area contributed by atoms with Gasteiger partial charge in [-0.2, -0.15) is 0 Å². The van der Waals surface area contributed by atoms with E-state index in [2.05, 4.69) is 72.0 Å². The number of carbonyl (C=O) groups is 1. The Morgan fingerprint density at radius 1 is 1.28 bits per heavy atom. The van der Waals surface area contributed by atoms with Gasteiger partial charge in [0.15, 0.2) is 11.6 Å². The van der Waals surface area contributed by atoms with Crippen LogP contribution < -0.4 is 15.1 Å². The van der Waals surface area contributed by atoms with Crippen LogP contribution in [0.2, 0.25) is 0 Å². The highest BCUT2D eigenvalue weighted by Crippen LogP contribution is 2.41. The maximum absolute atomic E-state index is 12.6. The molecule has 2 heterocycles. The molecule has 1 aromatic carbocycles. The van der Waals surface area contributed by atoms with Gasteiger partial charge in [-0.1, -0.05) is 33.3 Å². The van der Waals surface area contributed by atoms with Gasteiger partial charge >= 0.3 is 0 Å². The quantitative estimate of drug-likeness (QED) is 0.601. The molecule has 0 aliphatic carbocycles. The Labute approximate surface area is 181 Å². The van der Waals surface area contributed by atoms with E-state index >= 15 is 0 Å². The number of hydrogen-bond donors (Lipinski definition) is 1. The number of nitrogens with zero attached hydrogens (tertiary/aromatic N) is 4. The van der Waals surface area contributed by atoms with Crippen LogP contribution in [-0.4, -0.2) is 35.5 Å². The lowest BCUT2D eigenvalue weighted by Gasteiger charge is -2.34. The zero-order valence-electron chi connectivity index (χ0n) is 17.9. The number of rotatable bonds is 7. The van der Waals surface area contributed by atoms with Gasteiger partial charge in [-0.3, -0.25) is 4.79 Å². The van der Waals surface area contributed by atoms with Crippen LogP contribution in [-0.2, 0) is 4.79 Å². The van der Waals surface area contributed by atoms with E-state index in [1.165, 1.54) is 5.56 Å². The summed E-state index contributed by atoms with van der Waals surface area (Å²) in [6, 6.07) is 6.31. The summed E-state index contributed by atoms with van der Waals surface area (Å²) in [5.74, 6) is 2.63. The summed E-state index contributed by atoms with van der Waals surface area (Å²) in [7, 11) is 0. The summed E-state index contributed by atoms with van der Waals surface area (Å²) in [4.78, 5) is 26.2. The number of anilines is 4. The van der Waals surface area contributed by atoms with E-state index in [0.29, 0.717) is 17.4 Å². The number of nitrogens with one attached hydrogen (secondary N) is 1. The maximum Gasteiger partial charge on any atom is 0.244 e. The monoisotopic (exact) mass is 459 g/mol. The molecule has 0 saturated heterocycles. The van der Waals surface area contributed by atoms with Crippen molar-refractivity contribution >= 4 is 44.8 Å². The lowest BCUT2D eigenvalue weighted by atomic mass is 10.0. The fourth-order valence-corrected chi connectivity index (χ4v) is 4.15. The minimum absolute atomic E-state index is 0.0578. The van der Waals surface area contributed by atoms with E-state index in [-0.39, 0.29) is 12.5 Å².